The van der Waals surface area contributed by atoms with Crippen molar-refractivity contribution in [1.82, 2.24) is 4.98 Å². The molecule has 0 aliphatic carbocycles. The molecule has 0 unspecified atom stereocenters. The van der Waals surface area contributed by atoms with Gasteiger partial charge in [0.2, 0.25) is 0 Å². The molecule has 0 N–H and O–H groups in total. The highest BCUT2D eigenvalue weighted by molar-refractivity contribution is 9.10. The molecule has 0 saturated heterocycles. The Bertz CT molecular complexity index is 650. The summed E-state index contributed by atoms with van der Waals surface area (Å²) in [7, 11) is 0. The molecule has 1 aromatic carbocycles. The molecular weight excluding hydrogens is 316 g/mol. The normalized spacial score (nSPS) is 10.6. The van der Waals surface area contributed by atoms with E-state index in [0.29, 0.717) is 11.4 Å². The molecule has 5 heteroatoms. The second kappa shape index (κ2) is 5.17. The SMILES string of the molecule is Cc1cc(C(=O)c2c(F)ccc(Br)c2F)cc(C)n1. The van der Waals surface area contributed by atoms with E-state index in [1.165, 1.54) is 18.2 Å². The maximum atomic E-state index is 13.9. The Hall–Kier alpha value is -1.62. The first kappa shape index (κ1) is 13.8. The molecule has 0 saturated carbocycles. The lowest BCUT2D eigenvalue weighted by Gasteiger charge is -2.07. The van der Waals surface area contributed by atoms with Gasteiger partial charge in [-0.3, -0.25) is 9.78 Å². The molecule has 2 rings (SSSR count). The molecule has 98 valence electrons. The van der Waals surface area contributed by atoms with Gasteiger partial charge >= 0.3 is 0 Å². The van der Waals surface area contributed by atoms with Gasteiger partial charge in [0.25, 0.3) is 0 Å². The van der Waals surface area contributed by atoms with Gasteiger partial charge in [0, 0.05) is 17.0 Å². The van der Waals surface area contributed by atoms with Gasteiger partial charge in [-0.05, 0) is 54.0 Å². The maximum absolute atomic E-state index is 13.9. The number of benzene rings is 1. The lowest BCUT2D eigenvalue weighted by molar-refractivity contribution is 0.103. The third kappa shape index (κ3) is 2.71. The average Bonchev–Trinajstić information content (AvgIpc) is 2.33. The number of hydrogen-bond acceptors (Lipinski definition) is 2. The van der Waals surface area contributed by atoms with Crippen LogP contribution in [0.25, 0.3) is 0 Å². The molecule has 2 nitrogen and oxygen atoms in total. The number of halogens is 3. The second-order valence-electron chi connectivity index (χ2n) is 4.19. The van der Waals surface area contributed by atoms with E-state index in [4.69, 9.17) is 0 Å². The quantitative estimate of drug-likeness (QED) is 0.617. The molecule has 2 aromatic rings. The summed E-state index contributed by atoms with van der Waals surface area (Å²) in [6.07, 6.45) is 0. The molecule has 0 fully saturated rings. The highest BCUT2D eigenvalue weighted by Gasteiger charge is 2.21. The number of hydrogen-bond donors (Lipinski definition) is 0. The van der Waals surface area contributed by atoms with Crippen LogP contribution in [-0.2, 0) is 0 Å². The Morgan fingerprint density at radius 1 is 1.16 bits per heavy atom. The zero-order chi connectivity index (χ0) is 14.2. The largest absolute Gasteiger partial charge is 0.288 e. The molecule has 0 spiro atoms. The summed E-state index contributed by atoms with van der Waals surface area (Å²) in [4.78, 5) is 16.3. The molecule has 0 aliphatic rings. The fourth-order valence-corrected chi connectivity index (χ4v) is 2.18. The first-order chi connectivity index (χ1) is 8.90. The van der Waals surface area contributed by atoms with Crippen molar-refractivity contribution in [1.29, 1.82) is 0 Å². The number of pyridine rings is 1. The van der Waals surface area contributed by atoms with Gasteiger partial charge in [-0.2, -0.15) is 0 Å². The number of carbonyl (C=O) groups excluding carboxylic acids is 1. The second-order valence-corrected chi connectivity index (χ2v) is 5.04. The summed E-state index contributed by atoms with van der Waals surface area (Å²) < 4.78 is 27.6. The number of carbonyl (C=O) groups is 1. The Morgan fingerprint density at radius 2 is 1.74 bits per heavy atom. The van der Waals surface area contributed by atoms with Crippen LogP contribution < -0.4 is 0 Å². The van der Waals surface area contributed by atoms with Crippen LogP contribution in [0.1, 0.15) is 27.3 Å². The van der Waals surface area contributed by atoms with Crippen LogP contribution in [0.3, 0.4) is 0 Å². The summed E-state index contributed by atoms with van der Waals surface area (Å²) >= 11 is 2.94. The predicted molar refractivity (Wildman–Crippen MR) is 71.2 cm³/mol. The van der Waals surface area contributed by atoms with Gasteiger partial charge in [-0.25, -0.2) is 8.78 Å². The van der Waals surface area contributed by atoms with E-state index in [0.717, 1.165) is 6.07 Å². The van der Waals surface area contributed by atoms with E-state index in [-0.39, 0.29) is 10.0 Å². The van der Waals surface area contributed by atoms with Gasteiger partial charge in [-0.15, -0.1) is 0 Å². The third-order valence-electron chi connectivity index (χ3n) is 2.61. The van der Waals surface area contributed by atoms with E-state index in [1.54, 1.807) is 13.8 Å². The van der Waals surface area contributed by atoms with E-state index >= 15 is 0 Å². The van der Waals surface area contributed by atoms with Crippen molar-refractivity contribution in [3.63, 3.8) is 0 Å². The smallest absolute Gasteiger partial charge is 0.199 e. The van der Waals surface area contributed by atoms with Crippen molar-refractivity contribution in [3.05, 3.63) is 62.9 Å². The van der Waals surface area contributed by atoms with E-state index in [1.807, 2.05) is 0 Å². The van der Waals surface area contributed by atoms with Gasteiger partial charge < -0.3 is 0 Å². The van der Waals surface area contributed by atoms with Gasteiger partial charge in [0.15, 0.2) is 11.6 Å². The molecule has 19 heavy (non-hydrogen) atoms. The molecule has 0 amide bonds. The Balaban J connectivity index is 2.59. The first-order valence-corrected chi connectivity index (χ1v) is 6.33. The molecule has 1 aromatic heterocycles. The van der Waals surface area contributed by atoms with Crippen molar-refractivity contribution < 1.29 is 13.6 Å². The molecule has 0 bridgehead atoms. The number of aromatic nitrogens is 1. The minimum atomic E-state index is -0.892. The summed E-state index contributed by atoms with van der Waals surface area (Å²) in [5.41, 5.74) is 0.915. The standard InChI is InChI=1S/C14H10BrF2NO/c1-7-5-9(6-8(2)18-7)14(19)12-11(16)4-3-10(15)13(12)17/h3-6H,1-2H3. The van der Waals surface area contributed by atoms with Crippen molar-refractivity contribution in [2.24, 2.45) is 0 Å². The van der Waals surface area contributed by atoms with Crippen molar-refractivity contribution in [2.75, 3.05) is 0 Å². The van der Waals surface area contributed by atoms with Gasteiger partial charge in [0.1, 0.15) is 5.82 Å². The van der Waals surface area contributed by atoms with E-state index in [2.05, 4.69) is 20.9 Å². The van der Waals surface area contributed by atoms with E-state index in [9.17, 15) is 13.6 Å². The average molecular weight is 326 g/mol. The van der Waals surface area contributed by atoms with Crippen LogP contribution in [0.2, 0.25) is 0 Å². The van der Waals surface area contributed by atoms with Crippen LogP contribution >= 0.6 is 15.9 Å². The Kier molecular flexibility index (Phi) is 3.75. The zero-order valence-corrected chi connectivity index (χ0v) is 11.9. The van der Waals surface area contributed by atoms with E-state index < -0.39 is 23.0 Å². The van der Waals surface area contributed by atoms with Crippen molar-refractivity contribution in [3.8, 4) is 0 Å². The zero-order valence-electron chi connectivity index (χ0n) is 10.3. The van der Waals surface area contributed by atoms with Crippen LogP contribution in [0.15, 0.2) is 28.7 Å². The molecule has 0 atom stereocenters. The van der Waals surface area contributed by atoms with Crippen LogP contribution in [0, 0.1) is 25.5 Å². The summed E-state index contributed by atoms with van der Waals surface area (Å²) in [6.45, 7) is 3.44. The summed E-state index contributed by atoms with van der Waals surface area (Å²) in [5.74, 6) is -2.46. The molecule has 1 heterocycles. The van der Waals surface area contributed by atoms with Crippen molar-refractivity contribution in [2.45, 2.75) is 13.8 Å². The Morgan fingerprint density at radius 3 is 2.32 bits per heavy atom. The highest BCUT2D eigenvalue weighted by atomic mass is 79.9. The molecule has 0 aliphatic heterocycles. The third-order valence-corrected chi connectivity index (χ3v) is 3.23. The van der Waals surface area contributed by atoms with Crippen LogP contribution in [0.5, 0.6) is 0 Å². The summed E-state index contributed by atoms with van der Waals surface area (Å²) in [5, 5.41) is 0. The first-order valence-electron chi connectivity index (χ1n) is 5.53. The lowest BCUT2D eigenvalue weighted by atomic mass is 10.0. The van der Waals surface area contributed by atoms with Crippen LogP contribution in [-0.4, -0.2) is 10.8 Å². The predicted octanol–water partition coefficient (Wildman–Crippen LogP) is 3.97. The highest BCUT2D eigenvalue weighted by Crippen LogP contribution is 2.24. The maximum Gasteiger partial charge on any atom is 0.199 e. The fraction of sp³-hybridized carbons (Fsp3) is 0.143. The topological polar surface area (TPSA) is 30.0 Å². The number of ketones is 1. The number of aryl methyl sites for hydroxylation is 2. The minimum Gasteiger partial charge on any atom is -0.288 e. The minimum absolute atomic E-state index is 0.0553. The molecular formula is C14H10BrF2NO. The van der Waals surface area contributed by atoms with Gasteiger partial charge in [0.05, 0.1) is 10.0 Å². The fourth-order valence-electron chi connectivity index (χ4n) is 1.85. The number of nitrogens with zero attached hydrogens (tertiary/aromatic N) is 1. The number of rotatable bonds is 2. The van der Waals surface area contributed by atoms with Crippen molar-refractivity contribution >= 4 is 21.7 Å². The monoisotopic (exact) mass is 325 g/mol. The van der Waals surface area contributed by atoms with Crippen LogP contribution in [0.4, 0.5) is 8.78 Å². The van der Waals surface area contributed by atoms with Gasteiger partial charge in [-0.1, -0.05) is 0 Å². The Labute approximate surface area is 117 Å². The lowest BCUT2D eigenvalue weighted by Crippen LogP contribution is -2.09. The molecule has 0 radical (unpaired) electrons. The summed E-state index contributed by atoms with van der Waals surface area (Å²) in [6, 6.07) is 5.30.